The third-order valence-electron chi connectivity index (χ3n) is 3.84. The molecule has 0 atom stereocenters. The Bertz CT molecular complexity index is 458. The van der Waals surface area contributed by atoms with Crippen molar-refractivity contribution >= 4 is 5.97 Å². The van der Waals surface area contributed by atoms with Crippen molar-refractivity contribution in [3.05, 3.63) is 23.0 Å². The first-order valence-electron chi connectivity index (χ1n) is 5.66. The molecule has 1 aliphatic heterocycles. The third kappa shape index (κ3) is 1.16. The molecular formula is C12H16N2O2. The number of carbonyl (C=O) groups is 1. The number of ether oxygens (including phenoxy) is 1. The van der Waals surface area contributed by atoms with E-state index in [1.165, 1.54) is 31.2 Å². The predicted molar refractivity (Wildman–Crippen MR) is 59.4 cm³/mol. The van der Waals surface area contributed by atoms with Gasteiger partial charge in [0.05, 0.1) is 7.11 Å². The van der Waals surface area contributed by atoms with Gasteiger partial charge in [0.25, 0.3) is 0 Å². The van der Waals surface area contributed by atoms with Gasteiger partial charge >= 0.3 is 5.97 Å². The van der Waals surface area contributed by atoms with Gasteiger partial charge in [-0.1, -0.05) is 0 Å². The highest BCUT2D eigenvalue weighted by Gasteiger charge is 2.49. The normalized spacial score (nSPS) is 20.6. The van der Waals surface area contributed by atoms with Gasteiger partial charge in [-0.05, 0) is 24.5 Å². The molecule has 1 aromatic heterocycles. The summed E-state index contributed by atoms with van der Waals surface area (Å²) < 4.78 is 6.83. The molecule has 86 valence electrons. The van der Waals surface area contributed by atoms with E-state index >= 15 is 0 Å². The lowest BCUT2D eigenvalue weighted by molar-refractivity contribution is 0.0589. The zero-order valence-corrected chi connectivity index (χ0v) is 9.67. The number of fused-ring (bicyclic) bond motifs is 2. The summed E-state index contributed by atoms with van der Waals surface area (Å²) in [7, 11) is 3.40. The fraction of sp³-hybridized carbons (Fsp3) is 0.583. The van der Waals surface area contributed by atoms with E-state index in [2.05, 4.69) is 5.32 Å². The van der Waals surface area contributed by atoms with Crippen LogP contribution in [-0.4, -0.2) is 24.2 Å². The first-order valence-corrected chi connectivity index (χ1v) is 5.66. The molecule has 3 rings (SSSR count). The Kier molecular flexibility index (Phi) is 1.92. The van der Waals surface area contributed by atoms with Gasteiger partial charge in [-0.3, -0.25) is 0 Å². The molecule has 0 radical (unpaired) electrons. The second-order valence-corrected chi connectivity index (χ2v) is 4.84. The van der Waals surface area contributed by atoms with Crippen molar-refractivity contribution in [3.8, 4) is 0 Å². The quantitative estimate of drug-likeness (QED) is 0.716. The van der Waals surface area contributed by atoms with E-state index in [1.807, 2.05) is 17.7 Å². The van der Waals surface area contributed by atoms with Crippen LogP contribution in [0.2, 0.25) is 0 Å². The molecule has 0 unspecified atom stereocenters. The van der Waals surface area contributed by atoms with Crippen molar-refractivity contribution in [3.63, 3.8) is 0 Å². The lowest BCUT2D eigenvalue weighted by atomic mass is 9.95. The van der Waals surface area contributed by atoms with Gasteiger partial charge in [-0.2, -0.15) is 0 Å². The lowest BCUT2D eigenvalue weighted by Crippen LogP contribution is -2.34. The van der Waals surface area contributed by atoms with Crippen molar-refractivity contribution in [2.24, 2.45) is 7.05 Å². The van der Waals surface area contributed by atoms with Gasteiger partial charge in [0.1, 0.15) is 5.69 Å². The number of aromatic nitrogens is 1. The highest BCUT2D eigenvalue weighted by atomic mass is 16.5. The highest BCUT2D eigenvalue weighted by Crippen LogP contribution is 2.50. The molecule has 0 aromatic carbocycles. The van der Waals surface area contributed by atoms with Gasteiger partial charge in [0.15, 0.2) is 0 Å². The van der Waals surface area contributed by atoms with E-state index in [-0.39, 0.29) is 5.97 Å². The summed E-state index contributed by atoms with van der Waals surface area (Å²) in [5.74, 6) is -0.243. The number of nitrogens with one attached hydrogen (secondary N) is 1. The molecule has 16 heavy (non-hydrogen) atoms. The SMILES string of the molecule is COC(=O)c1cc2c(n1C)C1(CC1)CNC2. The van der Waals surface area contributed by atoms with Crippen LogP contribution in [0.5, 0.6) is 0 Å². The van der Waals surface area contributed by atoms with Crippen LogP contribution in [0.1, 0.15) is 34.6 Å². The number of hydrogen-bond donors (Lipinski definition) is 1. The number of carbonyl (C=O) groups excluding carboxylic acids is 1. The fourth-order valence-corrected chi connectivity index (χ4v) is 2.88. The molecular weight excluding hydrogens is 204 g/mol. The van der Waals surface area contributed by atoms with Crippen molar-refractivity contribution in [2.75, 3.05) is 13.7 Å². The van der Waals surface area contributed by atoms with E-state index in [4.69, 9.17) is 4.74 Å². The van der Waals surface area contributed by atoms with Crippen LogP contribution in [0.25, 0.3) is 0 Å². The summed E-state index contributed by atoms with van der Waals surface area (Å²) in [5.41, 5.74) is 3.56. The zero-order valence-electron chi connectivity index (χ0n) is 9.67. The Morgan fingerprint density at radius 1 is 1.56 bits per heavy atom. The third-order valence-corrected chi connectivity index (χ3v) is 3.84. The Morgan fingerprint density at radius 2 is 2.31 bits per heavy atom. The fourth-order valence-electron chi connectivity index (χ4n) is 2.88. The maximum Gasteiger partial charge on any atom is 0.354 e. The molecule has 4 nitrogen and oxygen atoms in total. The Morgan fingerprint density at radius 3 is 2.94 bits per heavy atom. The second kappa shape index (κ2) is 3.10. The molecule has 1 aromatic rings. The molecule has 1 spiro atoms. The van der Waals surface area contributed by atoms with Crippen LogP contribution < -0.4 is 5.32 Å². The van der Waals surface area contributed by atoms with Gasteiger partial charge in [-0.15, -0.1) is 0 Å². The summed E-state index contributed by atoms with van der Waals surface area (Å²) in [6.45, 7) is 1.90. The molecule has 2 aliphatic rings. The van der Waals surface area contributed by atoms with Crippen molar-refractivity contribution in [2.45, 2.75) is 24.8 Å². The number of hydrogen-bond acceptors (Lipinski definition) is 3. The second-order valence-electron chi connectivity index (χ2n) is 4.84. The number of nitrogens with zero attached hydrogens (tertiary/aromatic N) is 1. The smallest absolute Gasteiger partial charge is 0.354 e. The molecule has 4 heteroatoms. The summed E-state index contributed by atoms with van der Waals surface area (Å²) in [6.07, 6.45) is 2.46. The van der Waals surface area contributed by atoms with Crippen LogP contribution >= 0.6 is 0 Å². The average molecular weight is 220 g/mol. The van der Waals surface area contributed by atoms with E-state index in [0.717, 1.165) is 13.1 Å². The Hall–Kier alpha value is -1.29. The minimum atomic E-state index is -0.243. The highest BCUT2D eigenvalue weighted by molar-refractivity contribution is 5.88. The standard InChI is InChI=1S/C12H16N2O2/c1-14-9(11(15)16-2)5-8-6-13-7-12(3-4-12)10(8)14/h5,13H,3-4,6-7H2,1-2H3. The number of methoxy groups -OCH3 is 1. The van der Waals surface area contributed by atoms with Gasteiger partial charge in [0.2, 0.25) is 0 Å². The van der Waals surface area contributed by atoms with E-state index in [1.54, 1.807) is 0 Å². The van der Waals surface area contributed by atoms with Crippen molar-refractivity contribution in [1.82, 2.24) is 9.88 Å². The van der Waals surface area contributed by atoms with E-state index in [9.17, 15) is 4.79 Å². The molecule has 1 aliphatic carbocycles. The molecule has 1 fully saturated rings. The maximum atomic E-state index is 11.6. The van der Waals surface area contributed by atoms with Gasteiger partial charge < -0.3 is 14.6 Å². The van der Waals surface area contributed by atoms with Gasteiger partial charge in [0, 0.05) is 31.2 Å². The molecule has 0 bridgehead atoms. The Labute approximate surface area is 94.6 Å². The Balaban J connectivity index is 2.12. The summed E-state index contributed by atoms with van der Waals surface area (Å²) in [6, 6.07) is 1.97. The minimum Gasteiger partial charge on any atom is -0.464 e. The van der Waals surface area contributed by atoms with Crippen molar-refractivity contribution in [1.29, 1.82) is 0 Å². The number of esters is 1. The van der Waals surface area contributed by atoms with Crippen LogP contribution in [-0.2, 0) is 23.7 Å². The molecule has 2 heterocycles. The van der Waals surface area contributed by atoms with Crippen molar-refractivity contribution < 1.29 is 9.53 Å². The van der Waals surface area contributed by atoms with E-state index in [0.29, 0.717) is 11.1 Å². The molecule has 1 N–H and O–H groups in total. The molecule has 1 saturated carbocycles. The summed E-state index contributed by atoms with van der Waals surface area (Å²) in [5, 5.41) is 3.43. The summed E-state index contributed by atoms with van der Waals surface area (Å²) >= 11 is 0. The monoisotopic (exact) mass is 220 g/mol. The summed E-state index contributed by atoms with van der Waals surface area (Å²) in [4.78, 5) is 11.6. The number of rotatable bonds is 1. The first-order chi connectivity index (χ1) is 7.68. The van der Waals surface area contributed by atoms with Gasteiger partial charge in [-0.25, -0.2) is 4.79 Å². The lowest BCUT2D eigenvalue weighted by Gasteiger charge is -2.25. The van der Waals surface area contributed by atoms with E-state index < -0.39 is 0 Å². The zero-order chi connectivity index (χ0) is 11.3. The van der Waals surface area contributed by atoms with Crippen LogP contribution in [0.3, 0.4) is 0 Å². The first kappa shape index (κ1) is 9.90. The van der Waals surface area contributed by atoms with Crippen LogP contribution in [0.4, 0.5) is 0 Å². The average Bonchev–Trinajstić information content (AvgIpc) is 2.95. The predicted octanol–water partition coefficient (Wildman–Crippen LogP) is 0.946. The largest absolute Gasteiger partial charge is 0.464 e. The molecule has 0 saturated heterocycles. The maximum absolute atomic E-state index is 11.6. The van der Waals surface area contributed by atoms with Crippen LogP contribution in [0, 0.1) is 0 Å². The topological polar surface area (TPSA) is 43.3 Å². The minimum absolute atomic E-state index is 0.243. The molecule has 0 amide bonds. The van der Waals surface area contributed by atoms with Crippen LogP contribution in [0.15, 0.2) is 6.07 Å².